The van der Waals surface area contributed by atoms with E-state index in [9.17, 15) is 14.4 Å². The maximum atomic E-state index is 13.0. The second-order valence-corrected chi connectivity index (χ2v) is 7.81. The maximum Gasteiger partial charge on any atom is 0.266 e. The number of hydrogen-bond acceptors (Lipinski definition) is 4. The van der Waals surface area contributed by atoms with Gasteiger partial charge in [0.2, 0.25) is 0 Å². The van der Waals surface area contributed by atoms with Gasteiger partial charge in [0.1, 0.15) is 0 Å². The monoisotopic (exact) mass is 421 g/mol. The van der Waals surface area contributed by atoms with Gasteiger partial charge in [-0.25, -0.2) is 4.90 Å². The van der Waals surface area contributed by atoms with E-state index in [1.54, 1.807) is 55.5 Å². The van der Waals surface area contributed by atoms with Gasteiger partial charge in [-0.3, -0.25) is 19.4 Å². The fraction of sp³-hybridized carbons (Fsp3) is 0.0769. The molecule has 6 nitrogen and oxygen atoms in total. The van der Waals surface area contributed by atoms with Crippen LogP contribution in [0.4, 0.5) is 11.4 Å². The molecule has 0 atom stereocenters. The van der Waals surface area contributed by atoms with Crippen molar-refractivity contribution in [1.82, 2.24) is 4.98 Å². The third kappa shape index (κ3) is 3.22. The van der Waals surface area contributed by atoms with Crippen molar-refractivity contribution in [3.8, 4) is 0 Å². The topological polar surface area (TPSA) is 79.4 Å². The summed E-state index contributed by atoms with van der Waals surface area (Å²) >= 11 is 0. The molecule has 0 unspecified atom stereocenters. The van der Waals surface area contributed by atoms with E-state index < -0.39 is 0 Å². The van der Waals surface area contributed by atoms with Gasteiger partial charge in [0.05, 0.1) is 33.6 Å². The fourth-order valence-corrected chi connectivity index (χ4v) is 3.97. The quantitative estimate of drug-likeness (QED) is 0.477. The lowest BCUT2D eigenvalue weighted by Crippen LogP contribution is -2.29. The summed E-state index contributed by atoms with van der Waals surface area (Å²) < 4.78 is 0. The highest BCUT2D eigenvalue weighted by molar-refractivity contribution is 6.34. The Morgan fingerprint density at radius 2 is 1.56 bits per heavy atom. The Morgan fingerprint density at radius 1 is 0.844 bits per heavy atom. The number of fused-ring (bicyclic) bond motifs is 2. The molecule has 32 heavy (non-hydrogen) atoms. The predicted octanol–water partition coefficient (Wildman–Crippen LogP) is 4.90. The average Bonchev–Trinajstić information content (AvgIpc) is 3.04. The summed E-state index contributed by atoms with van der Waals surface area (Å²) in [5, 5.41) is 3.75. The number of carbonyl (C=O) groups excluding carboxylic acids is 3. The van der Waals surface area contributed by atoms with Crippen LogP contribution in [-0.4, -0.2) is 22.7 Å². The lowest BCUT2D eigenvalue weighted by atomic mass is 10.1. The molecule has 0 radical (unpaired) electrons. The summed E-state index contributed by atoms with van der Waals surface area (Å²) in [7, 11) is 0. The molecule has 1 aliphatic rings. The second kappa shape index (κ2) is 7.42. The highest BCUT2D eigenvalue weighted by atomic mass is 16.2. The van der Waals surface area contributed by atoms with E-state index in [-0.39, 0.29) is 17.7 Å². The van der Waals surface area contributed by atoms with Gasteiger partial charge in [0, 0.05) is 11.1 Å². The minimum absolute atomic E-state index is 0.307. The zero-order valence-corrected chi connectivity index (χ0v) is 17.5. The van der Waals surface area contributed by atoms with Crippen molar-refractivity contribution in [2.75, 3.05) is 10.2 Å². The number of nitrogens with one attached hydrogen (secondary N) is 1. The van der Waals surface area contributed by atoms with Crippen LogP contribution in [0.2, 0.25) is 0 Å². The average molecular weight is 421 g/mol. The number of carbonyl (C=O) groups is 3. The third-order valence-electron chi connectivity index (χ3n) is 5.56. The Kier molecular flexibility index (Phi) is 4.56. The van der Waals surface area contributed by atoms with Crippen molar-refractivity contribution >= 4 is 40.0 Å². The number of imide groups is 1. The number of aromatic nitrogens is 1. The maximum absolute atomic E-state index is 13.0. The summed E-state index contributed by atoms with van der Waals surface area (Å²) in [5.74, 6) is -1.06. The van der Waals surface area contributed by atoms with Gasteiger partial charge >= 0.3 is 0 Å². The van der Waals surface area contributed by atoms with Crippen molar-refractivity contribution < 1.29 is 14.4 Å². The number of hydrogen-bond donors (Lipinski definition) is 1. The van der Waals surface area contributed by atoms with Gasteiger partial charge in [-0.05, 0) is 62.4 Å². The standard InChI is InChI=1S/C26H19N3O3/c1-15-10-11-23-17(12-15)13-22(16(2)27-23)24(30)28-18-6-5-7-19(14-18)29-25(31)20-8-3-4-9-21(20)26(29)32/h3-14H,1-2H3,(H,28,30). The summed E-state index contributed by atoms with van der Waals surface area (Å²) in [4.78, 5) is 44.2. The van der Waals surface area contributed by atoms with Crippen LogP contribution in [-0.2, 0) is 0 Å². The Labute approximate surface area is 184 Å². The molecule has 0 fully saturated rings. The van der Waals surface area contributed by atoms with Gasteiger partial charge in [0.25, 0.3) is 17.7 Å². The minimum atomic E-state index is -0.376. The second-order valence-electron chi connectivity index (χ2n) is 7.81. The molecular formula is C26H19N3O3. The Hall–Kier alpha value is -4.32. The first-order valence-electron chi connectivity index (χ1n) is 10.2. The molecule has 1 N–H and O–H groups in total. The van der Waals surface area contributed by atoms with E-state index in [0.717, 1.165) is 21.4 Å². The van der Waals surface area contributed by atoms with Crippen LogP contribution in [0.5, 0.6) is 0 Å². The van der Waals surface area contributed by atoms with E-state index in [1.807, 2.05) is 31.2 Å². The fourth-order valence-electron chi connectivity index (χ4n) is 3.97. The van der Waals surface area contributed by atoms with E-state index in [4.69, 9.17) is 0 Å². The lowest BCUT2D eigenvalue weighted by Gasteiger charge is -2.15. The van der Waals surface area contributed by atoms with E-state index in [0.29, 0.717) is 33.8 Å². The van der Waals surface area contributed by atoms with E-state index in [1.165, 1.54) is 0 Å². The van der Waals surface area contributed by atoms with Gasteiger partial charge in [-0.1, -0.05) is 29.8 Å². The summed E-state index contributed by atoms with van der Waals surface area (Å²) in [6.45, 7) is 3.78. The van der Waals surface area contributed by atoms with Crippen molar-refractivity contribution in [2.45, 2.75) is 13.8 Å². The van der Waals surface area contributed by atoms with Crippen LogP contribution >= 0.6 is 0 Å². The van der Waals surface area contributed by atoms with Crippen LogP contribution < -0.4 is 10.2 Å². The van der Waals surface area contributed by atoms with Gasteiger partial charge in [-0.15, -0.1) is 0 Å². The van der Waals surface area contributed by atoms with Crippen LogP contribution in [0.1, 0.15) is 42.3 Å². The molecule has 0 spiro atoms. The first-order chi connectivity index (χ1) is 15.4. The molecule has 0 saturated heterocycles. The molecule has 0 saturated carbocycles. The number of rotatable bonds is 3. The molecule has 4 aromatic rings. The molecule has 3 aromatic carbocycles. The molecule has 0 aliphatic carbocycles. The van der Waals surface area contributed by atoms with Crippen molar-refractivity contribution in [1.29, 1.82) is 0 Å². The van der Waals surface area contributed by atoms with Crippen LogP contribution in [0.25, 0.3) is 10.9 Å². The summed E-state index contributed by atoms with van der Waals surface area (Å²) in [5.41, 5.74) is 4.64. The first kappa shape index (κ1) is 19.6. The third-order valence-corrected chi connectivity index (χ3v) is 5.56. The molecule has 3 amide bonds. The Balaban J connectivity index is 1.44. The van der Waals surface area contributed by atoms with E-state index in [2.05, 4.69) is 10.3 Å². The molecule has 0 bridgehead atoms. The van der Waals surface area contributed by atoms with E-state index >= 15 is 0 Å². The summed E-state index contributed by atoms with van der Waals surface area (Å²) in [6.07, 6.45) is 0. The number of amides is 3. The molecule has 2 heterocycles. The normalized spacial score (nSPS) is 12.9. The number of benzene rings is 3. The first-order valence-corrected chi connectivity index (χ1v) is 10.2. The zero-order valence-electron chi connectivity index (χ0n) is 17.5. The lowest BCUT2D eigenvalue weighted by molar-refractivity contribution is 0.0925. The molecular weight excluding hydrogens is 402 g/mol. The highest BCUT2D eigenvalue weighted by Gasteiger charge is 2.36. The van der Waals surface area contributed by atoms with Crippen LogP contribution in [0, 0.1) is 13.8 Å². The molecule has 5 rings (SSSR count). The zero-order chi connectivity index (χ0) is 22.4. The Morgan fingerprint density at radius 3 is 2.28 bits per heavy atom. The highest BCUT2D eigenvalue weighted by Crippen LogP contribution is 2.30. The number of pyridine rings is 1. The molecule has 6 heteroatoms. The summed E-state index contributed by atoms with van der Waals surface area (Å²) in [6, 6.07) is 21.2. The molecule has 156 valence electrons. The van der Waals surface area contributed by atoms with Gasteiger partial charge in [-0.2, -0.15) is 0 Å². The van der Waals surface area contributed by atoms with Gasteiger partial charge < -0.3 is 5.32 Å². The molecule has 1 aliphatic heterocycles. The SMILES string of the molecule is Cc1ccc2nc(C)c(C(=O)Nc3cccc(N4C(=O)c5ccccc5C4=O)c3)cc2c1. The van der Waals surface area contributed by atoms with Crippen molar-refractivity contribution in [3.05, 3.63) is 101 Å². The smallest absolute Gasteiger partial charge is 0.266 e. The number of anilines is 2. The number of nitrogens with zero attached hydrogens (tertiary/aromatic N) is 2. The predicted molar refractivity (Wildman–Crippen MR) is 123 cm³/mol. The van der Waals surface area contributed by atoms with Crippen molar-refractivity contribution in [2.24, 2.45) is 0 Å². The largest absolute Gasteiger partial charge is 0.322 e. The van der Waals surface area contributed by atoms with Crippen LogP contribution in [0.3, 0.4) is 0 Å². The molecule has 1 aromatic heterocycles. The Bertz CT molecular complexity index is 1410. The number of aryl methyl sites for hydroxylation is 2. The van der Waals surface area contributed by atoms with Crippen molar-refractivity contribution in [3.63, 3.8) is 0 Å². The van der Waals surface area contributed by atoms with Crippen LogP contribution in [0.15, 0.2) is 72.8 Å². The minimum Gasteiger partial charge on any atom is -0.322 e. The van der Waals surface area contributed by atoms with Gasteiger partial charge in [0.15, 0.2) is 0 Å².